The SMILES string of the molecule is CCCCOC(=O)Nc1oc(C)c(C(=O)OC)c1-c1nc2ccccc2s1. The van der Waals surface area contributed by atoms with Gasteiger partial charge in [0.05, 0.1) is 29.5 Å². The molecule has 1 N–H and O–H groups in total. The van der Waals surface area contributed by atoms with Crippen molar-refractivity contribution in [2.45, 2.75) is 26.7 Å². The van der Waals surface area contributed by atoms with E-state index in [0.717, 1.165) is 23.1 Å². The zero-order valence-corrected chi connectivity index (χ0v) is 16.1. The summed E-state index contributed by atoms with van der Waals surface area (Å²) >= 11 is 1.40. The van der Waals surface area contributed by atoms with E-state index in [4.69, 9.17) is 13.9 Å². The molecule has 0 aliphatic carbocycles. The molecule has 27 heavy (non-hydrogen) atoms. The van der Waals surface area contributed by atoms with Gasteiger partial charge in [0.2, 0.25) is 5.88 Å². The van der Waals surface area contributed by atoms with Crippen molar-refractivity contribution in [2.24, 2.45) is 0 Å². The van der Waals surface area contributed by atoms with Crippen molar-refractivity contribution in [3.05, 3.63) is 35.6 Å². The number of fused-ring (bicyclic) bond motifs is 1. The quantitative estimate of drug-likeness (QED) is 0.472. The Labute approximate surface area is 160 Å². The van der Waals surface area contributed by atoms with Gasteiger partial charge in [-0.1, -0.05) is 25.5 Å². The van der Waals surface area contributed by atoms with E-state index >= 15 is 0 Å². The molecule has 2 aromatic heterocycles. The molecule has 0 atom stereocenters. The zero-order valence-electron chi connectivity index (χ0n) is 15.3. The van der Waals surface area contributed by atoms with Gasteiger partial charge in [-0.25, -0.2) is 14.6 Å². The van der Waals surface area contributed by atoms with Crippen molar-refractivity contribution in [1.29, 1.82) is 0 Å². The highest BCUT2D eigenvalue weighted by molar-refractivity contribution is 7.21. The molecule has 0 saturated heterocycles. The summed E-state index contributed by atoms with van der Waals surface area (Å²) in [6.07, 6.45) is 1.04. The number of para-hydroxylation sites is 1. The Balaban J connectivity index is 2.03. The molecule has 3 rings (SSSR count). The first-order chi connectivity index (χ1) is 13.0. The summed E-state index contributed by atoms with van der Waals surface area (Å²) in [4.78, 5) is 29.0. The van der Waals surface area contributed by atoms with Crippen molar-refractivity contribution in [3.8, 4) is 10.6 Å². The Morgan fingerprint density at radius 2 is 2.07 bits per heavy atom. The molecule has 1 amide bonds. The third kappa shape index (κ3) is 3.95. The number of anilines is 1. The Morgan fingerprint density at radius 1 is 1.30 bits per heavy atom. The minimum absolute atomic E-state index is 0.119. The minimum Gasteiger partial charge on any atom is -0.465 e. The molecular formula is C19H20N2O5S. The van der Waals surface area contributed by atoms with Gasteiger partial charge in [-0.15, -0.1) is 11.3 Å². The number of amides is 1. The van der Waals surface area contributed by atoms with Crippen molar-refractivity contribution < 1.29 is 23.5 Å². The van der Waals surface area contributed by atoms with Gasteiger partial charge >= 0.3 is 12.1 Å². The average molecular weight is 388 g/mol. The molecule has 0 aliphatic heterocycles. The Hall–Kier alpha value is -2.87. The molecule has 0 unspecified atom stereocenters. The summed E-state index contributed by atoms with van der Waals surface area (Å²) < 4.78 is 16.6. The lowest BCUT2D eigenvalue weighted by Gasteiger charge is -2.06. The third-order valence-corrected chi connectivity index (χ3v) is 4.98. The van der Waals surface area contributed by atoms with Crippen LogP contribution in [0.3, 0.4) is 0 Å². The van der Waals surface area contributed by atoms with Gasteiger partial charge < -0.3 is 13.9 Å². The summed E-state index contributed by atoms with van der Waals surface area (Å²) in [5, 5.41) is 3.14. The van der Waals surface area contributed by atoms with Gasteiger partial charge in [0.1, 0.15) is 16.3 Å². The van der Waals surface area contributed by atoms with Crippen LogP contribution in [0.2, 0.25) is 0 Å². The van der Waals surface area contributed by atoms with E-state index in [1.807, 2.05) is 31.2 Å². The fraction of sp³-hybridized carbons (Fsp3) is 0.316. The monoisotopic (exact) mass is 388 g/mol. The molecule has 1 aromatic carbocycles. The topological polar surface area (TPSA) is 90.7 Å². The van der Waals surface area contributed by atoms with Crippen LogP contribution in [-0.2, 0) is 9.47 Å². The zero-order chi connectivity index (χ0) is 19.4. The molecule has 2 heterocycles. The van der Waals surface area contributed by atoms with Crippen LogP contribution in [0.4, 0.5) is 10.7 Å². The number of thiazole rings is 1. The lowest BCUT2D eigenvalue weighted by Crippen LogP contribution is -2.14. The predicted octanol–water partition coefficient (Wildman–Crippen LogP) is 5.00. The highest BCUT2D eigenvalue weighted by Gasteiger charge is 2.29. The summed E-state index contributed by atoms with van der Waals surface area (Å²) in [7, 11) is 1.29. The van der Waals surface area contributed by atoms with Crippen LogP contribution >= 0.6 is 11.3 Å². The number of methoxy groups -OCH3 is 1. The lowest BCUT2D eigenvalue weighted by molar-refractivity contribution is 0.0599. The Kier molecular flexibility index (Phi) is 5.75. The second-order valence-electron chi connectivity index (χ2n) is 5.83. The van der Waals surface area contributed by atoms with E-state index in [0.29, 0.717) is 22.9 Å². The van der Waals surface area contributed by atoms with E-state index in [1.165, 1.54) is 18.4 Å². The molecule has 8 heteroatoms. The number of benzene rings is 1. The third-order valence-electron chi connectivity index (χ3n) is 3.93. The number of hydrogen-bond acceptors (Lipinski definition) is 7. The van der Waals surface area contributed by atoms with Crippen LogP contribution in [0.15, 0.2) is 28.7 Å². The normalized spacial score (nSPS) is 10.8. The Bertz CT molecular complexity index is 943. The summed E-state index contributed by atoms with van der Waals surface area (Å²) in [6.45, 7) is 3.95. The molecule has 0 bridgehead atoms. The van der Waals surface area contributed by atoms with Gasteiger partial charge in [0, 0.05) is 0 Å². The minimum atomic E-state index is -0.643. The maximum Gasteiger partial charge on any atom is 0.413 e. The van der Waals surface area contributed by atoms with Crippen molar-refractivity contribution in [3.63, 3.8) is 0 Å². The molecule has 0 aliphatic rings. The first-order valence-electron chi connectivity index (χ1n) is 8.56. The summed E-state index contributed by atoms with van der Waals surface area (Å²) in [5.41, 5.74) is 1.43. The number of aromatic nitrogens is 1. The molecule has 0 spiro atoms. The second-order valence-corrected chi connectivity index (χ2v) is 6.86. The highest BCUT2D eigenvalue weighted by Crippen LogP contribution is 2.40. The number of esters is 1. The second kappa shape index (κ2) is 8.22. The molecule has 7 nitrogen and oxygen atoms in total. The van der Waals surface area contributed by atoms with Gasteiger partial charge in [0.25, 0.3) is 0 Å². The number of aryl methyl sites for hydroxylation is 1. The van der Waals surface area contributed by atoms with Gasteiger partial charge in [-0.2, -0.15) is 0 Å². The number of carbonyl (C=O) groups is 2. The first kappa shape index (κ1) is 18.9. The van der Waals surface area contributed by atoms with E-state index in [-0.39, 0.29) is 11.4 Å². The van der Waals surface area contributed by atoms with Crippen LogP contribution in [0.1, 0.15) is 35.9 Å². The standard InChI is InChI=1S/C19H20N2O5S/c1-4-5-10-25-19(23)21-16-15(14(11(2)26-16)18(22)24-3)17-20-12-8-6-7-9-13(12)27-17/h6-9H,4-5,10H2,1-3H3,(H,21,23). The molecule has 3 aromatic rings. The van der Waals surface area contributed by atoms with Crippen LogP contribution in [0.5, 0.6) is 0 Å². The van der Waals surface area contributed by atoms with Gasteiger partial charge in [0.15, 0.2) is 0 Å². The van der Waals surface area contributed by atoms with E-state index < -0.39 is 12.1 Å². The number of rotatable bonds is 6. The van der Waals surface area contributed by atoms with Gasteiger partial charge in [-0.3, -0.25) is 5.32 Å². The average Bonchev–Trinajstić information content (AvgIpc) is 3.21. The molecule has 0 radical (unpaired) electrons. The summed E-state index contributed by atoms with van der Waals surface area (Å²) in [5.74, 6) is -0.105. The van der Waals surface area contributed by atoms with Crippen LogP contribution in [-0.4, -0.2) is 30.8 Å². The van der Waals surface area contributed by atoms with Crippen molar-refractivity contribution in [1.82, 2.24) is 4.98 Å². The molecule has 0 fully saturated rings. The highest BCUT2D eigenvalue weighted by atomic mass is 32.1. The fourth-order valence-electron chi connectivity index (χ4n) is 2.60. The largest absolute Gasteiger partial charge is 0.465 e. The first-order valence-corrected chi connectivity index (χ1v) is 9.38. The van der Waals surface area contributed by atoms with Crippen LogP contribution in [0, 0.1) is 6.92 Å². The van der Waals surface area contributed by atoms with E-state index in [1.54, 1.807) is 6.92 Å². The smallest absolute Gasteiger partial charge is 0.413 e. The van der Waals surface area contributed by atoms with Crippen LogP contribution in [0.25, 0.3) is 20.8 Å². The molecule has 142 valence electrons. The Morgan fingerprint density at radius 3 is 2.78 bits per heavy atom. The van der Waals surface area contributed by atoms with Crippen molar-refractivity contribution >= 4 is 39.5 Å². The number of nitrogens with one attached hydrogen (secondary N) is 1. The van der Waals surface area contributed by atoms with Gasteiger partial charge in [-0.05, 0) is 25.5 Å². The number of unbranched alkanes of at least 4 members (excludes halogenated alkanes) is 1. The molecule has 0 saturated carbocycles. The summed E-state index contributed by atoms with van der Waals surface area (Å²) in [6, 6.07) is 7.62. The maximum absolute atomic E-state index is 12.3. The number of hydrogen-bond donors (Lipinski definition) is 1. The number of ether oxygens (including phenoxy) is 2. The van der Waals surface area contributed by atoms with Crippen molar-refractivity contribution in [2.75, 3.05) is 19.0 Å². The van der Waals surface area contributed by atoms with Crippen LogP contribution < -0.4 is 5.32 Å². The number of nitrogens with zero attached hydrogens (tertiary/aromatic N) is 1. The van der Waals surface area contributed by atoms with E-state index in [2.05, 4.69) is 10.3 Å². The lowest BCUT2D eigenvalue weighted by atomic mass is 10.1. The maximum atomic E-state index is 12.3. The van der Waals surface area contributed by atoms with E-state index in [9.17, 15) is 9.59 Å². The predicted molar refractivity (Wildman–Crippen MR) is 103 cm³/mol. The molecular weight excluding hydrogens is 368 g/mol. The number of furan rings is 1. The fourth-order valence-corrected chi connectivity index (χ4v) is 3.62. The number of carbonyl (C=O) groups excluding carboxylic acids is 2.